The number of thiophene rings is 1. The van der Waals surface area contributed by atoms with Crippen LogP contribution in [-0.4, -0.2) is 33.6 Å². The molecule has 1 aliphatic rings. The van der Waals surface area contributed by atoms with Gasteiger partial charge in [0.2, 0.25) is 5.91 Å². The van der Waals surface area contributed by atoms with Crippen LogP contribution in [0, 0.1) is 6.92 Å². The molecule has 3 amide bonds. The summed E-state index contributed by atoms with van der Waals surface area (Å²) in [6, 6.07) is 13.5. The van der Waals surface area contributed by atoms with Crippen molar-refractivity contribution in [2.75, 3.05) is 4.90 Å². The molecule has 0 spiro atoms. The van der Waals surface area contributed by atoms with Gasteiger partial charge in [-0.05, 0) is 42.1 Å². The average molecular weight is 405 g/mol. The molecule has 0 N–H and O–H groups in total. The fourth-order valence-corrected chi connectivity index (χ4v) is 4.06. The number of carbonyl (C=O) groups excluding carboxylic acids is 3. The lowest BCUT2D eigenvalue weighted by atomic mass is 10.1. The van der Waals surface area contributed by atoms with Crippen LogP contribution in [0.1, 0.15) is 27.2 Å². The molecule has 1 saturated heterocycles. The summed E-state index contributed by atoms with van der Waals surface area (Å²) in [5.41, 5.74) is 2.36. The fraction of sp³-hybridized carbons (Fsp3) is 0.182. The molecular weight excluding hydrogens is 386 g/mol. The molecule has 3 heterocycles. The second kappa shape index (κ2) is 7.97. The minimum atomic E-state index is -0.849. The standard InChI is InChI=1S/C22H19N3O3S/c1-15-6-8-17(9-7-15)25-20(26)12-18(21(25)27)24(14-16-4-2-10-23-13-16)22(28)19-5-3-11-29-19/h2-11,13,18H,12,14H2,1H3. The smallest absolute Gasteiger partial charge is 0.264 e. The highest BCUT2D eigenvalue weighted by atomic mass is 32.1. The van der Waals surface area contributed by atoms with E-state index in [0.717, 1.165) is 11.1 Å². The van der Waals surface area contributed by atoms with Crippen molar-refractivity contribution in [1.82, 2.24) is 9.88 Å². The maximum atomic E-state index is 13.2. The molecule has 0 radical (unpaired) electrons. The summed E-state index contributed by atoms with van der Waals surface area (Å²) < 4.78 is 0. The van der Waals surface area contributed by atoms with Crippen LogP contribution in [0.25, 0.3) is 0 Å². The van der Waals surface area contributed by atoms with E-state index in [0.29, 0.717) is 10.6 Å². The Bertz CT molecular complexity index is 1030. The van der Waals surface area contributed by atoms with Gasteiger partial charge in [0, 0.05) is 18.9 Å². The first-order valence-electron chi connectivity index (χ1n) is 9.21. The molecule has 146 valence electrons. The van der Waals surface area contributed by atoms with Crippen molar-refractivity contribution in [1.29, 1.82) is 0 Å². The molecule has 1 aliphatic heterocycles. The van der Waals surface area contributed by atoms with Gasteiger partial charge in [-0.3, -0.25) is 19.4 Å². The van der Waals surface area contributed by atoms with Crippen LogP contribution in [0.3, 0.4) is 0 Å². The monoisotopic (exact) mass is 405 g/mol. The number of hydrogen-bond donors (Lipinski definition) is 0. The molecule has 6 nitrogen and oxygen atoms in total. The lowest BCUT2D eigenvalue weighted by Gasteiger charge is -2.27. The van der Waals surface area contributed by atoms with Gasteiger partial charge in [-0.1, -0.05) is 29.8 Å². The van der Waals surface area contributed by atoms with Crippen molar-refractivity contribution in [2.45, 2.75) is 25.9 Å². The Morgan fingerprint density at radius 2 is 1.97 bits per heavy atom. The molecule has 3 aromatic rings. The van der Waals surface area contributed by atoms with Gasteiger partial charge >= 0.3 is 0 Å². The highest BCUT2D eigenvalue weighted by Gasteiger charge is 2.44. The van der Waals surface area contributed by atoms with Crippen LogP contribution in [0.2, 0.25) is 0 Å². The highest BCUT2D eigenvalue weighted by molar-refractivity contribution is 7.12. The number of benzene rings is 1. The summed E-state index contributed by atoms with van der Waals surface area (Å²) in [7, 11) is 0. The van der Waals surface area contributed by atoms with E-state index < -0.39 is 6.04 Å². The summed E-state index contributed by atoms with van der Waals surface area (Å²) in [6.07, 6.45) is 3.27. The van der Waals surface area contributed by atoms with Crippen molar-refractivity contribution in [2.24, 2.45) is 0 Å². The van der Waals surface area contributed by atoms with Crippen LogP contribution in [0.4, 0.5) is 5.69 Å². The molecule has 0 bridgehead atoms. The average Bonchev–Trinajstić information content (AvgIpc) is 3.36. The number of imide groups is 1. The van der Waals surface area contributed by atoms with Gasteiger partial charge in [0.15, 0.2) is 0 Å². The molecule has 29 heavy (non-hydrogen) atoms. The number of aryl methyl sites for hydroxylation is 1. The first-order valence-corrected chi connectivity index (χ1v) is 10.1. The molecule has 0 aliphatic carbocycles. The van der Waals surface area contributed by atoms with Crippen molar-refractivity contribution in [3.8, 4) is 0 Å². The lowest BCUT2D eigenvalue weighted by Crippen LogP contribution is -2.45. The maximum Gasteiger partial charge on any atom is 0.264 e. The Hall–Kier alpha value is -3.32. The van der Waals surface area contributed by atoms with Crippen molar-refractivity contribution >= 4 is 34.7 Å². The van der Waals surface area contributed by atoms with Crippen molar-refractivity contribution in [3.63, 3.8) is 0 Å². The van der Waals surface area contributed by atoms with E-state index in [9.17, 15) is 14.4 Å². The molecule has 1 aromatic carbocycles. The van der Waals surface area contributed by atoms with E-state index in [-0.39, 0.29) is 30.7 Å². The Morgan fingerprint density at radius 1 is 1.17 bits per heavy atom. The third-order valence-corrected chi connectivity index (χ3v) is 5.72. The number of carbonyl (C=O) groups is 3. The third-order valence-electron chi connectivity index (χ3n) is 4.86. The van der Waals surface area contributed by atoms with E-state index in [1.807, 2.05) is 30.5 Å². The quantitative estimate of drug-likeness (QED) is 0.610. The summed E-state index contributed by atoms with van der Waals surface area (Å²) >= 11 is 1.31. The van der Waals surface area contributed by atoms with Crippen LogP contribution in [0.5, 0.6) is 0 Å². The second-order valence-electron chi connectivity index (χ2n) is 6.89. The molecule has 2 aromatic heterocycles. The molecule has 1 atom stereocenters. The zero-order chi connectivity index (χ0) is 20.4. The van der Waals surface area contributed by atoms with Crippen LogP contribution in [-0.2, 0) is 16.1 Å². The number of amides is 3. The number of nitrogens with zero attached hydrogens (tertiary/aromatic N) is 3. The number of aromatic nitrogens is 1. The highest BCUT2D eigenvalue weighted by Crippen LogP contribution is 2.28. The van der Waals surface area contributed by atoms with Gasteiger partial charge in [-0.25, -0.2) is 4.90 Å². The van der Waals surface area contributed by atoms with Crippen molar-refractivity contribution in [3.05, 3.63) is 82.3 Å². The molecule has 0 saturated carbocycles. The summed E-state index contributed by atoms with van der Waals surface area (Å²) in [6.45, 7) is 2.14. The molecule has 4 rings (SSSR count). The van der Waals surface area contributed by atoms with E-state index >= 15 is 0 Å². The zero-order valence-corrected chi connectivity index (χ0v) is 16.6. The summed E-state index contributed by atoms with van der Waals surface area (Å²) in [5.74, 6) is -0.951. The topological polar surface area (TPSA) is 70.6 Å². The first-order chi connectivity index (χ1) is 14.0. The maximum absolute atomic E-state index is 13.2. The Labute approximate surface area is 172 Å². The predicted molar refractivity (Wildman–Crippen MR) is 111 cm³/mol. The number of anilines is 1. The van der Waals surface area contributed by atoms with E-state index in [1.165, 1.54) is 21.1 Å². The van der Waals surface area contributed by atoms with Crippen LogP contribution in [0.15, 0.2) is 66.3 Å². The molecule has 1 unspecified atom stereocenters. The zero-order valence-electron chi connectivity index (χ0n) is 15.8. The van der Waals surface area contributed by atoms with Gasteiger partial charge in [-0.2, -0.15) is 0 Å². The summed E-state index contributed by atoms with van der Waals surface area (Å²) in [4.78, 5) is 46.4. The molecular formula is C22H19N3O3S. The number of pyridine rings is 1. The Kier molecular flexibility index (Phi) is 5.22. The van der Waals surface area contributed by atoms with Gasteiger partial charge in [0.25, 0.3) is 11.8 Å². The molecule has 1 fully saturated rings. The van der Waals surface area contributed by atoms with Gasteiger partial charge in [0.1, 0.15) is 6.04 Å². The van der Waals surface area contributed by atoms with Crippen LogP contribution < -0.4 is 4.90 Å². The van der Waals surface area contributed by atoms with E-state index in [1.54, 1.807) is 42.7 Å². The van der Waals surface area contributed by atoms with E-state index in [2.05, 4.69) is 4.98 Å². The van der Waals surface area contributed by atoms with Gasteiger partial charge in [-0.15, -0.1) is 11.3 Å². The summed E-state index contributed by atoms with van der Waals surface area (Å²) in [5, 5.41) is 1.82. The van der Waals surface area contributed by atoms with Gasteiger partial charge < -0.3 is 4.90 Å². The lowest BCUT2D eigenvalue weighted by molar-refractivity contribution is -0.122. The molecule has 7 heteroatoms. The normalized spacial score (nSPS) is 16.3. The van der Waals surface area contributed by atoms with Crippen molar-refractivity contribution < 1.29 is 14.4 Å². The minimum absolute atomic E-state index is 0.0376. The predicted octanol–water partition coefficient (Wildman–Crippen LogP) is 3.43. The largest absolute Gasteiger partial charge is 0.321 e. The van der Waals surface area contributed by atoms with Crippen LogP contribution >= 0.6 is 11.3 Å². The second-order valence-corrected chi connectivity index (χ2v) is 7.84. The fourth-order valence-electron chi connectivity index (χ4n) is 3.38. The first kappa shape index (κ1) is 19.0. The Morgan fingerprint density at radius 3 is 2.62 bits per heavy atom. The van der Waals surface area contributed by atoms with Gasteiger partial charge in [0.05, 0.1) is 17.0 Å². The minimum Gasteiger partial charge on any atom is -0.321 e. The number of rotatable bonds is 5. The third kappa shape index (κ3) is 3.82. The SMILES string of the molecule is Cc1ccc(N2C(=O)CC(N(Cc3cccnc3)C(=O)c3cccs3)C2=O)cc1. The Balaban J connectivity index is 1.66. The number of hydrogen-bond acceptors (Lipinski definition) is 5. The van der Waals surface area contributed by atoms with E-state index in [4.69, 9.17) is 0 Å².